The molecule has 0 aliphatic rings. The first-order chi connectivity index (χ1) is 5.77. The molecule has 0 fully saturated rings. The summed E-state index contributed by atoms with van der Waals surface area (Å²) in [5.41, 5.74) is 1.82. The lowest BCUT2D eigenvalue weighted by atomic mass is 10.1. The minimum absolute atomic E-state index is 0.704. The van der Waals surface area contributed by atoms with Crippen LogP contribution in [0.15, 0.2) is 23.2 Å². The maximum atomic E-state index is 6.72. The zero-order valence-corrected chi connectivity index (χ0v) is 7.52. The fourth-order valence-corrected chi connectivity index (χ4v) is 1.20. The summed E-state index contributed by atoms with van der Waals surface area (Å²) in [7, 11) is 0. The first-order valence-electron chi connectivity index (χ1n) is 3.68. The van der Waals surface area contributed by atoms with Crippen molar-refractivity contribution < 1.29 is 0 Å². The molecular weight excluding hydrogens is 172 g/mol. The molecule has 0 heterocycles. The quantitative estimate of drug-likeness (QED) is 0.679. The highest BCUT2D eigenvalue weighted by Gasteiger charge is 1.98. The van der Waals surface area contributed by atoms with Crippen molar-refractivity contribution in [1.82, 2.24) is 0 Å². The summed E-state index contributed by atoms with van der Waals surface area (Å²) >= 11 is 5.79. The van der Waals surface area contributed by atoms with E-state index in [1.54, 1.807) is 12.1 Å². The van der Waals surface area contributed by atoms with Crippen LogP contribution in [0.5, 0.6) is 0 Å². The summed E-state index contributed by atoms with van der Waals surface area (Å²) in [6.07, 6.45) is 0.862. The summed E-state index contributed by atoms with van der Waals surface area (Å²) in [5, 5.41) is 7.42. The van der Waals surface area contributed by atoms with E-state index in [4.69, 9.17) is 17.0 Å². The molecule has 0 saturated heterocycles. The van der Waals surface area contributed by atoms with Crippen LogP contribution in [-0.4, -0.2) is 6.01 Å². The zero-order chi connectivity index (χ0) is 8.97. The van der Waals surface area contributed by atoms with Crippen LogP contribution in [0.3, 0.4) is 0 Å². The number of nitrogens with zero attached hydrogens (tertiary/aromatic N) is 1. The fourth-order valence-electron chi connectivity index (χ4n) is 1.01. The van der Waals surface area contributed by atoms with Gasteiger partial charge in [-0.05, 0) is 30.2 Å². The van der Waals surface area contributed by atoms with Crippen LogP contribution in [0.4, 0.5) is 5.69 Å². The normalized spacial score (nSPS) is 9.17. The Hall–Kier alpha value is -1.11. The van der Waals surface area contributed by atoms with Crippen molar-refractivity contribution in [1.29, 1.82) is 5.41 Å². The molecule has 2 nitrogen and oxygen atoms in total. The SMILES string of the molecule is CCc1cc(Cl)ccc1N=C=N. The van der Waals surface area contributed by atoms with Crippen molar-refractivity contribution in [3.05, 3.63) is 28.8 Å². The topological polar surface area (TPSA) is 36.2 Å². The van der Waals surface area contributed by atoms with Crippen molar-refractivity contribution in [2.75, 3.05) is 0 Å². The Labute approximate surface area is 76.4 Å². The average molecular weight is 181 g/mol. The van der Waals surface area contributed by atoms with Crippen molar-refractivity contribution in [2.45, 2.75) is 13.3 Å². The van der Waals surface area contributed by atoms with Gasteiger partial charge in [0.1, 0.15) is 0 Å². The van der Waals surface area contributed by atoms with Crippen LogP contribution in [0.1, 0.15) is 12.5 Å². The predicted molar refractivity (Wildman–Crippen MR) is 50.6 cm³/mol. The molecule has 12 heavy (non-hydrogen) atoms. The molecule has 0 aromatic heterocycles. The summed E-state index contributed by atoms with van der Waals surface area (Å²) in [6, 6.07) is 7.42. The van der Waals surface area contributed by atoms with Crippen LogP contribution in [-0.2, 0) is 6.42 Å². The molecule has 0 spiro atoms. The van der Waals surface area contributed by atoms with Gasteiger partial charge in [-0.25, -0.2) is 5.41 Å². The Morgan fingerprint density at radius 2 is 2.33 bits per heavy atom. The third kappa shape index (κ3) is 1.94. The lowest BCUT2D eigenvalue weighted by molar-refractivity contribution is 1.13. The van der Waals surface area contributed by atoms with Gasteiger partial charge in [-0.2, -0.15) is 4.99 Å². The molecular formula is C9H9ClN2. The molecule has 0 bridgehead atoms. The number of rotatable bonds is 2. The maximum absolute atomic E-state index is 6.72. The number of benzene rings is 1. The van der Waals surface area contributed by atoms with Gasteiger partial charge in [0.15, 0.2) is 0 Å². The highest BCUT2D eigenvalue weighted by atomic mass is 35.5. The largest absolute Gasteiger partial charge is 0.241 e. The highest BCUT2D eigenvalue weighted by Crippen LogP contribution is 2.22. The number of hydrogen-bond acceptors (Lipinski definition) is 2. The number of halogens is 1. The predicted octanol–water partition coefficient (Wildman–Crippen LogP) is 3.29. The second-order valence-corrected chi connectivity index (χ2v) is 2.79. The lowest BCUT2D eigenvalue weighted by Crippen LogP contribution is -1.80. The average Bonchev–Trinajstić information content (AvgIpc) is 2.08. The Balaban J connectivity index is 3.19. The molecule has 3 heteroatoms. The Kier molecular flexibility index (Phi) is 3.03. The first-order valence-corrected chi connectivity index (χ1v) is 4.06. The Bertz CT molecular complexity index is 327. The van der Waals surface area contributed by atoms with E-state index in [2.05, 4.69) is 4.99 Å². The van der Waals surface area contributed by atoms with E-state index in [9.17, 15) is 0 Å². The van der Waals surface area contributed by atoms with E-state index in [-0.39, 0.29) is 0 Å². The van der Waals surface area contributed by atoms with Crippen LogP contribution in [0.25, 0.3) is 0 Å². The second kappa shape index (κ2) is 4.05. The monoisotopic (exact) mass is 180 g/mol. The molecule has 0 saturated carbocycles. The minimum atomic E-state index is 0.704. The molecule has 1 N–H and O–H groups in total. The van der Waals surface area contributed by atoms with E-state index in [1.807, 2.05) is 19.0 Å². The second-order valence-electron chi connectivity index (χ2n) is 2.35. The van der Waals surface area contributed by atoms with Crippen molar-refractivity contribution in [3.63, 3.8) is 0 Å². The molecule has 1 rings (SSSR count). The van der Waals surface area contributed by atoms with E-state index < -0.39 is 0 Å². The number of aryl methyl sites for hydroxylation is 1. The van der Waals surface area contributed by atoms with Gasteiger partial charge in [-0.3, -0.25) is 0 Å². The number of hydrogen-bond donors (Lipinski definition) is 1. The van der Waals surface area contributed by atoms with Crippen LogP contribution in [0.2, 0.25) is 5.02 Å². The molecule has 0 unspecified atom stereocenters. The lowest BCUT2D eigenvalue weighted by Gasteiger charge is -2.00. The van der Waals surface area contributed by atoms with Gasteiger partial charge in [-0.1, -0.05) is 18.5 Å². The van der Waals surface area contributed by atoms with Gasteiger partial charge in [-0.15, -0.1) is 0 Å². The third-order valence-electron chi connectivity index (χ3n) is 1.60. The van der Waals surface area contributed by atoms with E-state index in [0.717, 1.165) is 17.7 Å². The molecule has 62 valence electrons. The maximum Gasteiger partial charge on any atom is 0.0918 e. The van der Waals surface area contributed by atoms with Gasteiger partial charge >= 0.3 is 0 Å². The Morgan fingerprint density at radius 3 is 2.92 bits per heavy atom. The zero-order valence-electron chi connectivity index (χ0n) is 6.76. The number of nitrogens with one attached hydrogen (secondary N) is 1. The van der Waals surface area contributed by atoms with Crippen molar-refractivity contribution in [3.8, 4) is 0 Å². The smallest absolute Gasteiger partial charge is 0.0918 e. The van der Waals surface area contributed by atoms with Crippen LogP contribution >= 0.6 is 11.6 Å². The van der Waals surface area contributed by atoms with Crippen LogP contribution in [0, 0.1) is 5.41 Å². The molecule has 0 amide bonds. The van der Waals surface area contributed by atoms with Crippen LogP contribution < -0.4 is 0 Å². The summed E-state index contributed by atoms with van der Waals surface area (Å²) in [4.78, 5) is 3.78. The summed E-state index contributed by atoms with van der Waals surface area (Å²) in [6.45, 7) is 2.02. The van der Waals surface area contributed by atoms with E-state index in [1.165, 1.54) is 0 Å². The molecule has 1 aromatic rings. The van der Waals surface area contributed by atoms with Gasteiger partial charge < -0.3 is 0 Å². The number of aliphatic imine (C=N–C) groups is 1. The van der Waals surface area contributed by atoms with E-state index >= 15 is 0 Å². The third-order valence-corrected chi connectivity index (χ3v) is 1.83. The fraction of sp³-hybridized carbons (Fsp3) is 0.222. The molecule has 0 aliphatic carbocycles. The van der Waals surface area contributed by atoms with E-state index in [0.29, 0.717) is 5.02 Å². The minimum Gasteiger partial charge on any atom is -0.241 e. The molecule has 0 atom stereocenters. The molecule has 0 radical (unpaired) electrons. The molecule has 1 aromatic carbocycles. The summed E-state index contributed by atoms with van der Waals surface area (Å²) < 4.78 is 0. The van der Waals surface area contributed by atoms with Gasteiger partial charge in [0, 0.05) is 5.02 Å². The van der Waals surface area contributed by atoms with Crippen molar-refractivity contribution in [2.24, 2.45) is 4.99 Å². The highest BCUT2D eigenvalue weighted by molar-refractivity contribution is 6.30. The summed E-state index contributed by atoms with van der Waals surface area (Å²) in [5.74, 6) is 0. The van der Waals surface area contributed by atoms with Gasteiger partial charge in [0.05, 0.1) is 11.7 Å². The van der Waals surface area contributed by atoms with Gasteiger partial charge in [0.25, 0.3) is 0 Å². The standard InChI is InChI=1S/C9H9ClN2/c1-2-7-5-8(10)3-4-9(7)12-6-11/h3-5,11H,2H2,1H3. The van der Waals surface area contributed by atoms with Gasteiger partial charge in [0.2, 0.25) is 0 Å². The molecule has 0 aliphatic heterocycles. The Morgan fingerprint density at radius 1 is 1.58 bits per heavy atom. The van der Waals surface area contributed by atoms with Crippen molar-refractivity contribution >= 4 is 23.3 Å². The first kappa shape index (κ1) is 8.98.